The molecule has 3 rings (SSSR count). The molecule has 0 radical (unpaired) electrons. The molecule has 8 heteroatoms. The first-order valence-electron chi connectivity index (χ1n) is 7.00. The highest BCUT2D eigenvalue weighted by atomic mass is 32.1. The van der Waals surface area contributed by atoms with Crippen molar-refractivity contribution in [2.75, 3.05) is 5.94 Å². The van der Waals surface area contributed by atoms with Crippen molar-refractivity contribution in [2.45, 2.75) is 18.6 Å². The van der Waals surface area contributed by atoms with Crippen LogP contribution in [-0.4, -0.2) is 42.7 Å². The van der Waals surface area contributed by atoms with Crippen LogP contribution in [0.2, 0.25) is 0 Å². The average Bonchev–Trinajstić information content (AvgIpc) is 2.51. The summed E-state index contributed by atoms with van der Waals surface area (Å²) in [5.74, 6) is -0.644. The van der Waals surface area contributed by atoms with Gasteiger partial charge in [-0.25, -0.2) is 0 Å². The Morgan fingerprint density at radius 1 is 1.00 bits per heavy atom. The summed E-state index contributed by atoms with van der Waals surface area (Å²) in [5, 5.41) is 55.7. The van der Waals surface area contributed by atoms with Gasteiger partial charge in [0.25, 0.3) is 0 Å². The second kappa shape index (κ2) is 7.52. The summed E-state index contributed by atoms with van der Waals surface area (Å²) in [7, 11) is 0. The van der Waals surface area contributed by atoms with Gasteiger partial charge in [0.05, 0.1) is 12.0 Å². The quantitative estimate of drug-likeness (QED) is 0.234. The van der Waals surface area contributed by atoms with Gasteiger partial charge in [-0.3, -0.25) is 0 Å². The minimum absolute atomic E-state index is 0.0556. The predicted octanol–water partition coefficient (Wildman–Crippen LogP) is 1.41. The maximum Gasteiger partial charge on any atom is 0.157 e. The Balaban J connectivity index is 0.000000647. The second-order valence-corrected chi connectivity index (χ2v) is 5.42. The third kappa shape index (κ3) is 3.78. The van der Waals surface area contributed by atoms with E-state index in [1.807, 2.05) is 0 Å². The summed E-state index contributed by atoms with van der Waals surface area (Å²) in [6.07, 6.45) is -1.56. The van der Waals surface area contributed by atoms with Crippen LogP contribution >= 0.6 is 12.6 Å². The zero-order chi connectivity index (χ0) is 17.9. The van der Waals surface area contributed by atoms with E-state index in [-0.39, 0.29) is 41.1 Å². The predicted molar refractivity (Wildman–Crippen MR) is 88.7 cm³/mol. The topological polar surface area (TPSA) is 131 Å². The molecular weight excluding hydrogens is 336 g/mol. The van der Waals surface area contributed by atoms with Crippen molar-refractivity contribution in [3.63, 3.8) is 0 Å². The van der Waals surface area contributed by atoms with E-state index < -0.39 is 12.2 Å². The van der Waals surface area contributed by atoms with Gasteiger partial charge in [-0.05, 0) is 17.7 Å². The van der Waals surface area contributed by atoms with Crippen LogP contribution in [0.1, 0.15) is 17.2 Å². The molecule has 0 unspecified atom stereocenters. The summed E-state index contributed by atoms with van der Waals surface area (Å²) >= 11 is 3.34. The molecule has 0 fully saturated rings. The number of hydrogen-bond donors (Lipinski definition) is 7. The van der Waals surface area contributed by atoms with Crippen molar-refractivity contribution in [3.05, 3.63) is 41.5 Å². The number of aliphatic hydroxyl groups excluding tert-OH is 2. The number of aromatic hydroxyl groups is 4. The zero-order valence-electron chi connectivity index (χ0n) is 12.5. The molecule has 0 saturated carbocycles. The third-order valence-electron chi connectivity index (χ3n) is 3.51. The molecule has 0 bridgehead atoms. The van der Waals surface area contributed by atoms with Gasteiger partial charge in [0, 0.05) is 24.1 Å². The molecule has 6 N–H and O–H groups in total. The maximum atomic E-state index is 10.2. The maximum absolute atomic E-state index is 10.2. The van der Waals surface area contributed by atoms with Crippen LogP contribution in [0.15, 0.2) is 30.3 Å². The van der Waals surface area contributed by atoms with Crippen molar-refractivity contribution in [1.29, 1.82) is 0 Å². The van der Waals surface area contributed by atoms with Gasteiger partial charge in [0.15, 0.2) is 11.5 Å². The Hall–Kier alpha value is -2.29. The van der Waals surface area contributed by atoms with Gasteiger partial charge in [0.1, 0.15) is 23.4 Å². The summed E-state index contributed by atoms with van der Waals surface area (Å²) < 4.78 is 5.62. The highest BCUT2D eigenvalue weighted by Crippen LogP contribution is 2.42. The number of aliphatic hydroxyl groups is 2. The minimum Gasteiger partial charge on any atom is -0.508 e. The summed E-state index contributed by atoms with van der Waals surface area (Å²) in [6.45, 7) is 0. The third-order valence-corrected chi connectivity index (χ3v) is 3.51. The van der Waals surface area contributed by atoms with E-state index in [9.17, 15) is 25.5 Å². The van der Waals surface area contributed by atoms with Gasteiger partial charge < -0.3 is 35.4 Å². The smallest absolute Gasteiger partial charge is 0.157 e. The number of phenolic OH excluding ortho intramolecular Hbond substituents is 4. The van der Waals surface area contributed by atoms with Crippen molar-refractivity contribution in [1.82, 2.24) is 0 Å². The minimum atomic E-state index is -0.933. The number of fused-ring (bicyclic) bond motifs is 1. The van der Waals surface area contributed by atoms with Crippen molar-refractivity contribution in [3.8, 4) is 28.7 Å². The fourth-order valence-electron chi connectivity index (χ4n) is 2.47. The van der Waals surface area contributed by atoms with E-state index >= 15 is 0 Å². The number of phenols is 4. The number of rotatable bonds is 1. The van der Waals surface area contributed by atoms with Crippen LogP contribution in [0.4, 0.5) is 0 Å². The van der Waals surface area contributed by atoms with Crippen molar-refractivity contribution < 1.29 is 35.4 Å². The lowest BCUT2D eigenvalue weighted by Gasteiger charge is -2.31. The van der Waals surface area contributed by atoms with Crippen LogP contribution in [0.3, 0.4) is 0 Å². The molecule has 1 aliphatic heterocycles. The SMILES string of the molecule is OCS.Oc1cc(O)c2c(c1)O[C@H](c1ccc(O)c(O)c1)[C@H](O)C2. The Morgan fingerprint density at radius 3 is 2.29 bits per heavy atom. The zero-order valence-corrected chi connectivity index (χ0v) is 13.4. The van der Waals surface area contributed by atoms with E-state index in [2.05, 4.69) is 12.6 Å². The van der Waals surface area contributed by atoms with Crippen LogP contribution in [-0.2, 0) is 6.42 Å². The highest BCUT2D eigenvalue weighted by molar-refractivity contribution is 7.80. The second-order valence-electron chi connectivity index (χ2n) is 5.14. The van der Waals surface area contributed by atoms with Gasteiger partial charge in [0.2, 0.25) is 0 Å². The monoisotopic (exact) mass is 354 g/mol. The molecule has 130 valence electrons. The van der Waals surface area contributed by atoms with Crippen LogP contribution in [0.5, 0.6) is 28.7 Å². The van der Waals surface area contributed by atoms with Crippen LogP contribution in [0, 0.1) is 0 Å². The lowest BCUT2D eigenvalue weighted by atomic mass is 9.94. The summed E-state index contributed by atoms with van der Waals surface area (Å²) in [6, 6.07) is 6.67. The van der Waals surface area contributed by atoms with E-state index in [0.29, 0.717) is 11.1 Å². The Bertz CT molecular complexity index is 720. The molecule has 0 saturated heterocycles. The standard InChI is InChI=1S/C15H14O6.CH4OS/c16-8-4-11(18)9-6-13(20)15(21-14(9)5-8)7-1-2-10(17)12(19)3-7;2-1-3/h1-5,13,15-20H,6H2;2-3H,1H2/t13-,15-;/m1./s1. The lowest BCUT2D eigenvalue weighted by molar-refractivity contribution is 0.0197. The Labute approximate surface area is 143 Å². The summed E-state index contributed by atoms with van der Waals surface area (Å²) in [4.78, 5) is 0. The molecule has 0 amide bonds. The molecule has 0 aromatic heterocycles. The fourth-order valence-corrected chi connectivity index (χ4v) is 2.47. The highest BCUT2D eigenvalue weighted by Gasteiger charge is 2.32. The fraction of sp³-hybridized carbons (Fsp3) is 0.250. The first-order valence-corrected chi connectivity index (χ1v) is 7.63. The molecular formula is C16H18O7S. The number of thiol groups is 1. The van der Waals surface area contributed by atoms with E-state index in [1.165, 1.54) is 30.3 Å². The molecule has 2 atom stereocenters. The van der Waals surface area contributed by atoms with E-state index in [4.69, 9.17) is 9.84 Å². The molecule has 24 heavy (non-hydrogen) atoms. The van der Waals surface area contributed by atoms with Gasteiger partial charge in [-0.15, -0.1) is 0 Å². The van der Waals surface area contributed by atoms with E-state index in [1.54, 1.807) is 0 Å². The number of ether oxygens (including phenoxy) is 1. The van der Waals surface area contributed by atoms with Gasteiger partial charge in [-0.2, -0.15) is 12.6 Å². The molecule has 2 aromatic carbocycles. The molecule has 7 nitrogen and oxygen atoms in total. The van der Waals surface area contributed by atoms with E-state index in [0.717, 1.165) is 0 Å². The van der Waals surface area contributed by atoms with Crippen LogP contribution in [0.25, 0.3) is 0 Å². The Kier molecular flexibility index (Phi) is 5.66. The summed E-state index contributed by atoms with van der Waals surface area (Å²) in [5.41, 5.74) is 0.894. The first-order chi connectivity index (χ1) is 11.4. The lowest BCUT2D eigenvalue weighted by Crippen LogP contribution is -2.30. The first kappa shape index (κ1) is 18.1. The average molecular weight is 354 g/mol. The normalized spacial score (nSPS) is 18.8. The Morgan fingerprint density at radius 2 is 1.67 bits per heavy atom. The van der Waals surface area contributed by atoms with Gasteiger partial charge in [-0.1, -0.05) is 6.07 Å². The molecule has 2 aromatic rings. The molecule has 1 aliphatic rings. The van der Waals surface area contributed by atoms with Crippen LogP contribution < -0.4 is 4.74 Å². The van der Waals surface area contributed by atoms with Crippen molar-refractivity contribution in [2.24, 2.45) is 0 Å². The molecule has 0 spiro atoms. The largest absolute Gasteiger partial charge is 0.508 e. The number of benzene rings is 2. The number of hydrogen-bond acceptors (Lipinski definition) is 8. The molecule has 1 heterocycles. The van der Waals surface area contributed by atoms with Crippen molar-refractivity contribution >= 4 is 12.6 Å². The van der Waals surface area contributed by atoms with Gasteiger partial charge >= 0.3 is 0 Å². The molecule has 0 aliphatic carbocycles.